The van der Waals surface area contributed by atoms with Gasteiger partial charge in [0.25, 0.3) is 5.91 Å². The molecule has 1 aromatic carbocycles. The van der Waals surface area contributed by atoms with E-state index < -0.39 is 23.7 Å². The van der Waals surface area contributed by atoms with Gasteiger partial charge in [-0.05, 0) is 43.2 Å². The zero-order valence-corrected chi connectivity index (χ0v) is 11.4. The van der Waals surface area contributed by atoms with Crippen molar-refractivity contribution >= 4 is 11.9 Å². The number of phenols is 1. The molecule has 1 amide bonds. The molecule has 1 aliphatic heterocycles. The molecular weight excluding hydrogens is 277 g/mol. The van der Waals surface area contributed by atoms with Gasteiger partial charge in [0.2, 0.25) is 0 Å². The molecule has 2 N–H and O–H groups in total. The molecule has 3 rings (SSSR count). The third-order valence-electron chi connectivity index (χ3n) is 4.16. The number of carboxylic acids is 1. The van der Waals surface area contributed by atoms with Crippen LogP contribution in [-0.4, -0.2) is 39.6 Å². The first-order valence-corrected chi connectivity index (χ1v) is 7.05. The Balaban J connectivity index is 1.94. The largest absolute Gasteiger partial charge is 0.508 e. The third kappa shape index (κ3) is 2.46. The number of carbonyl (C=O) groups is 2. The van der Waals surface area contributed by atoms with Gasteiger partial charge < -0.3 is 15.1 Å². The van der Waals surface area contributed by atoms with Crippen LogP contribution in [-0.2, 0) is 4.79 Å². The van der Waals surface area contributed by atoms with Crippen LogP contribution in [0.1, 0.15) is 47.5 Å². The monoisotopic (exact) mass is 293 g/mol. The van der Waals surface area contributed by atoms with Crippen molar-refractivity contribution in [1.82, 2.24) is 4.90 Å². The van der Waals surface area contributed by atoms with Crippen LogP contribution in [0, 0.1) is 5.82 Å². The van der Waals surface area contributed by atoms with Gasteiger partial charge in [0, 0.05) is 12.6 Å². The van der Waals surface area contributed by atoms with Crippen LogP contribution in [0.3, 0.4) is 0 Å². The highest BCUT2D eigenvalue weighted by Gasteiger charge is 2.36. The molecule has 2 fully saturated rings. The molecule has 2 aliphatic rings. The summed E-state index contributed by atoms with van der Waals surface area (Å²) in [6.07, 6.45) is 2.80. The molecule has 21 heavy (non-hydrogen) atoms. The number of aliphatic carboxylic acids is 1. The molecule has 5 nitrogen and oxygen atoms in total. The Morgan fingerprint density at radius 1 is 1.24 bits per heavy atom. The second-order valence-electron chi connectivity index (χ2n) is 5.66. The van der Waals surface area contributed by atoms with Crippen LogP contribution in [0.4, 0.5) is 4.39 Å². The molecule has 0 aromatic heterocycles. The highest BCUT2D eigenvalue weighted by Crippen LogP contribution is 2.44. The fraction of sp³-hybridized carbons (Fsp3) is 0.467. The minimum absolute atomic E-state index is 0.136. The van der Waals surface area contributed by atoms with Crippen LogP contribution in [0.5, 0.6) is 5.75 Å². The SMILES string of the molecule is O=C(O)[C@@H]1CCCN1C(=O)c1cc(C2CC2)c(O)cc1F. The zero-order chi connectivity index (χ0) is 15.1. The van der Waals surface area contributed by atoms with Crippen molar-refractivity contribution < 1.29 is 24.2 Å². The summed E-state index contributed by atoms with van der Waals surface area (Å²) in [6, 6.07) is 1.43. The maximum atomic E-state index is 14.0. The average molecular weight is 293 g/mol. The maximum absolute atomic E-state index is 14.0. The van der Waals surface area contributed by atoms with Gasteiger partial charge in [-0.15, -0.1) is 0 Å². The summed E-state index contributed by atoms with van der Waals surface area (Å²) in [6.45, 7) is 0.314. The summed E-state index contributed by atoms with van der Waals surface area (Å²) >= 11 is 0. The average Bonchev–Trinajstić information content (AvgIpc) is 3.13. The van der Waals surface area contributed by atoms with Crippen LogP contribution >= 0.6 is 0 Å². The first kappa shape index (κ1) is 13.9. The van der Waals surface area contributed by atoms with E-state index in [2.05, 4.69) is 0 Å². The van der Waals surface area contributed by atoms with Crippen molar-refractivity contribution in [2.75, 3.05) is 6.54 Å². The summed E-state index contributed by atoms with van der Waals surface area (Å²) < 4.78 is 14.0. The number of benzene rings is 1. The lowest BCUT2D eigenvalue weighted by atomic mass is 10.0. The smallest absolute Gasteiger partial charge is 0.326 e. The van der Waals surface area contributed by atoms with Gasteiger partial charge >= 0.3 is 5.97 Å². The molecule has 1 heterocycles. The van der Waals surface area contributed by atoms with Crippen LogP contribution in [0.2, 0.25) is 0 Å². The first-order chi connectivity index (χ1) is 9.99. The van der Waals surface area contributed by atoms with E-state index in [0.29, 0.717) is 24.9 Å². The Kier molecular flexibility index (Phi) is 3.31. The fourth-order valence-electron chi connectivity index (χ4n) is 2.89. The van der Waals surface area contributed by atoms with Crippen molar-refractivity contribution in [3.05, 3.63) is 29.1 Å². The van der Waals surface area contributed by atoms with Gasteiger partial charge in [-0.1, -0.05) is 0 Å². The number of aromatic hydroxyl groups is 1. The molecule has 1 aromatic rings. The molecule has 0 radical (unpaired) electrons. The van der Waals surface area contributed by atoms with Crippen molar-refractivity contribution in [2.24, 2.45) is 0 Å². The predicted molar refractivity (Wildman–Crippen MR) is 71.7 cm³/mol. The lowest BCUT2D eigenvalue weighted by Gasteiger charge is -2.22. The van der Waals surface area contributed by atoms with Crippen LogP contribution in [0.25, 0.3) is 0 Å². The van der Waals surface area contributed by atoms with E-state index in [1.807, 2.05) is 0 Å². The van der Waals surface area contributed by atoms with Gasteiger partial charge in [-0.2, -0.15) is 0 Å². The van der Waals surface area contributed by atoms with Crippen molar-refractivity contribution in [3.8, 4) is 5.75 Å². The molecule has 1 saturated carbocycles. The number of amides is 1. The lowest BCUT2D eigenvalue weighted by Crippen LogP contribution is -2.40. The standard InChI is InChI=1S/C15H16FNO4/c16-11-7-13(18)9(8-3-4-8)6-10(11)14(19)17-5-1-2-12(17)15(20)21/h6-8,12,18H,1-5H2,(H,20,21)/t12-/m0/s1. The quantitative estimate of drug-likeness (QED) is 0.894. The molecule has 6 heteroatoms. The van der Waals surface area contributed by atoms with Crippen molar-refractivity contribution in [3.63, 3.8) is 0 Å². The van der Waals surface area contributed by atoms with Crippen molar-refractivity contribution in [2.45, 2.75) is 37.6 Å². The summed E-state index contributed by atoms with van der Waals surface area (Å²) in [5, 5.41) is 18.9. The minimum atomic E-state index is -1.07. The molecular formula is C15H16FNO4. The van der Waals surface area contributed by atoms with E-state index in [-0.39, 0.29) is 17.2 Å². The number of halogens is 1. The summed E-state index contributed by atoms with van der Waals surface area (Å²) in [5.74, 6) is -2.45. The number of hydrogen-bond acceptors (Lipinski definition) is 3. The van der Waals surface area contributed by atoms with Gasteiger partial charge in [-0.3, -0.25) is 4.79 Å². The molecule has 0 spiro atoms. The number of nitrogens with zero attached hydrogens (tertiary/aromatic N) is 1. The molecule has 1 aliphatic carbocycles. The first-order valence-electron chi connectivity index (χ1n) is 7.05. The van der Waals surface area contributed by atoms with Gasteiger partial charge in [0.1, 0.15) is 17.6 Å². The number of carbonyl (C=O) groups excluding carboxylic acids is 1. The Labute approximate surface area is 121 Å². The van der Waals surface area contributed by atoms with E-state index in [1.165, 1.54) is 11.0 Å². The molecule has 1 atom stereocenters. The second kappa shape index (κ2) is 5.02. The highest BCUT2D eigenvalue weighted by molar-refractivity contribution is 5.97. The normalized spacial score (nSPS) is 21.6. The van der Waals surface area contributed by atoms with E-state index in [1.54, 1.807) is 0 Å². The zero-order valence-electron chi connectivity index (χ0n) is 11.4. The van der Waals surface area contributed by atoms with Crippen LogP contribution < -0.4 is 0 Å². The Bertz CT molecular complexity index is 612. The highest BCUT2D eigenvalue weighted by atomic mass is 19.1. The summed E-state index contributed by atoms with van der Waals surface area (Å²) in [5.41, 5.74) is 0.425. The second-order valence-corrected chi connectivity index (χ2v) is 5.66. The Hall–Kier alpha value is -2.11. The van der Waals surface area contributed by atoms with E-state index in [4.69, 9.17) is 5.11 Å². The third-order valence-corrected chi connectivity index (χ3v) is 4.16. The topological polar surface area (TPSA) is 77.8 Å². The summed E-state index contributed by atoms with van der Waals surface area (Å²) in [4.78, 5) is 24.8. The van der Waals surface area contributed by atoms with Gasteiger partial charge in [0.15, 0.2) is 0 Å². The maximum Gasteiger partial charge on any atom is 0.326 e. The fourth-order valence-corrected chi connectivity index (χ4v) is 2.89. The van der Waals surface area contributed by atoms with Gasteiger partial charge in [0.05, 0.1) is 5.56 Å². The van der Waals surface area contributed by atoms with E-state index >= 15 is 0 Å². The summed E-state index contributed by atoms with van der Waals surface area (Å²) in [7, 11) is 0. The Morgan fingerprint density at radius 2 is 1.95 bits per heavy atom. The molecule has 0 bridgehead atoms. The number of hydrogen-bond donors (Lipinski definition) is 2. The molecule has 1 saturated heterocycles. The predicted octanol–water partition coefficient (Wildman–Crippen LogP) is 2.10. The van der Waals surface area contributed by atoms with E-state index in [0.717, 1.165) is 18.9 Å². The van der Waals surface area contributed by atoms with Gasteiger partial charge in [-0.25, -0.2) is 9.18 Å². The molecule has 0 unspecified atom stereocenters. The number of phenolic OH excluding ortho intramolecular Hbond substituents is 1. The Morgan fingerprint density at radius 3 is 2.57 bits per heavy atom. The van der Waals surface area contributed by atoms with E-state index in [9.17, 15) is 19.1 Å². The number of carboxylic acid groups (broad SMARTS) is 1. The molecule has 112 valence electrons. The minimum Gasteiger partial charge on any atom is -0.508 e. The number of likely N-dealkylation sites (tertiary alicyclic amines) is 1. The van der Waals surface area contributed by atoms with Crippen LogP contribution in [0.15, 0.2) is 12.1 Å². The van der Waals surface area contributed by atoms with Crippen molar-refractivity contribution in [1.29, 1.82) is 0 Å². The lowest BCUT2D eigenvalue weighted by molar-refractivity contribution is -0.141. The number of rotatable bonds is 3.